The van der Waals surface area contributed by atoms with Crippen molar-refractivity contribution in [2.24, 2.45) is 5.92 Å². The molecule has 5 rings (SSSR count). The molecule has 40 heavy (non-hydrogen) atoms. The van der Waals surface area contributed by atoms with Crippen LogP contribution in [-0.4, -0.2) is 23.3 Å². The number of amides is 2. The Morgan fingerprint density at radius 3 is 2.65 bits per heavy atom. The van der Waals surface area contributed by atoms with Crippen LogP contribution in [0.2, 0.25) is 0 Å². The second-order valence-corrected chi connectivity index (χ2v) is 10.6. The molecule has 0 radical (unpaired) electrons. The first kappa shape index (κ1) is 27.2. The van der Waals surface area contributed by atoms with Gasteiger partial charge in [0.15, 0.2) is 5.76 Å². The zero-order valence-electron chi connectivity index (χ0n) is 22.9. The minimum atomic E-state index is -0.408. The lowest BCUT2D eigenvalue weighted by atomic mass is 9.87. The number of aryl methyl sites for hydroxylation is 1. The van der Waals surface area contributed by atoms with Gasteiger partial charge in [-0.2, -0.15) is 0 Å². The van der Waals surface area contributed by atoms with E-state index in [0.717, 1.165) is 22.3 Å². The molecule has 0 spiro atoms. The molecule has 206 valence electrons. The molecule has 1 aromatic heterocycles. The molecule has 1 atom stereocenters. The van der Waals surface area contributed by atoms with Crippen LogP contribution in [-0.2, 0) is 17.8 Å². The van der Waals surface area contributed by atoms with E-state index in [9.17, 15) is 14.0 Å². The van der Waals surface area contributed by atoms with Gasteiger partial charge in [0.05, 0.1) is 6.04 Å². The topological polar surface area (TPSA) is 71.8 Å². The Balaban J connectivity index is 1.34. The highest BCUT2D eigenvalue weighted by atomic mass is 19.1. The monoisotopic (exact) mass is 540 g/mol. The van der Waals surface area contributed by atoms with E-state index in [4.69, 9.17) is 9.15 Å². The summed E-state index contributed by atoms with van der Waals surface area (Å²) in [6, 6.07) is 22.7. The van der Waals surface area contributed by atoms with Crippen molar-refractivity contribution >= 4 is 17.5 Å². The third-order valence-corrected chi connectivity index (χ3v) is 6.96. The van der Waals surface area contributed by atoms with E-state index in [1.807, 2.05) is 74.2 Å². The average Bonchev–Trinajstić information content (AvgIpc) is 3.40. The lowest BCUT2D eigenvalue weighted by molar-refractivity contribution is -0.134. The van der Waals surface area contributed by atoms with Gasteiger partial charge in [-0.25, -0.2) is 4.39 Å². The van der Waals surface area contributed by atoms with Crippen LogP contribution in [0.25, 0.3) is 0 Å². The first-order valence-electron chi connectivity index (χ1n) is 13.5. The van der Waals surface area contributed by atoms with Crippen LogP contribution < -0.4 is 10.1 Å². The molecule has 1 N–H and O–H groups in total. The zero-order chi connectivity index (χ0) is 28.2. The quantitative estimate of drug-likeness (QED) is 0.259. The van der Waals surface area contributed by atoms with E-state index in [1.54, 1.807) is 18.2 Å². The molecule has 0 aliphatic carbocycles. The molecule has 0 fully saturated rings. The van der Waals surface area contributed by atoms with Gasteiger partial charge < -0.3 is 19.4 Å². The number of halogens is 1. The molecule has 2 amide bonds. The Bertz CT molecular complexity index is 1530. The van der Waals surface area contributed by atoms with Crippen molar-refractivity contribution in [1.29, 1.82) is 0 Å². The Kier molecular flexibility index (Phi) is 8.01. The van der Waals surface area contributed by atoms with Gasteiger partial charge in [0, 0.05) is 18.7 Å². The number of benzene rings is 3. The smallest absolute Gasteiger partial charge is 0.291 e. The molecule has 7 heteroatoms. The summed E-state index contributed by atoms with van der Waals surface area (Å²) < 4.78 is 26.0. The molecule has 6 nitrogen and oxygen atoms in total. The van der Waals surface area contributed by atoms with Crippen molar-refractivity contribution in [3.8, 4) is 5.75 Å². The molecule has 1 unspecified atom stereocenters. The van der Waals surface area contributed by atoms with E-state index in [1.165, 1.54) is 12.1 Å². The Hall–Kier alpha value is -4.39. The number of fused-ring (bicyclic) bond motifs is 1. The summed E-state index contributed by atoms with van der Waals surface area (Å²) >= 11 is 0. The molecule has 2 heterocycles. The third kappa shape index (κ3) is 6.25. The maximum atomic E-state index is 14.3. The minimum Gasteiger partial charge on any atom is -0.486 e. The van der Waals surface area contributed by atoms with Crippen LogP contribution in [0.15, 0.2) is 83.3 Å². The standard InChI is InChI=1S/C33H33FN2O4/c1-21(2)16-31(37)36-15-14-23-10-11-27(19-29(23)32(36)24-7-5-8-25(34)18-24)39-20-28-12-13-30(40-28)33(38)35-26-9-4-6-22(3)17-26/h4-13,17-19,21,32H,14-16,20H2,1-3H3,(H,35,38). The fourth-order valence-corrected chi connectivity index (χ4v) is 5.10. The molecule has 0 saturated carbocycles. The number of rotatable bonds is 8. The molecule has 1 aliphatic rings. The lowest BCUT2D eigenvalue weighted by Crippen LogP contribution is -2.41. The van der Waals surface area contributed by atoms with Gasteiger partial charge >= 0.3 is 0 Å². The van der Waals surface area contributed by atoms with Crippen LogP contribution in [0.4, 0.5) is 10.1 Å². The number of carbonyl (C=O) groups is 2. The highest BCUT2D eigenvalue weighted by molar-refractivity contribution is 6.02. The van der Waals surface area contributed by atoms with E-state index < -0.39 is 6.04 Å². The first-order chi connectivity index (χ1) is 19.3. The van der Waals surface area contributed by atoms with Crippen LogP contribution in [0.5, 0.6) is 5.75 Å². The predicted octanol–water partition coefficient (Wildman–Crippen LogP) is 7.08. The van der Waals surface area contributed by atoms with Gasteiger partial charge in [0.2, 0.25) is 5.91 Å². The van der Waals surface area contributed by atoms with E-state index in [-0.39, 0.29) is 35.9 Å². The summed E-state index contributed by atoms with van der Waals surface area (Å²) in [6.07, 6.45) is 1.14. The molecule has 3 aromatic carbocycles. The van der Waals surface area contributed by atoms with E-state index >= 15 is 0 Å². The van der Waals surface area contributed by atoms with Crippen LogP contribution in [0.1, 0.15) is 64.9 Å². The second kappa shape index (κ2) is 11.8. The van der Waals surface area contributed by atoms with Crippen LogP contribution >= 0.6 is 0 Å². The first-order valence-corrected chi connectivity index (χ1v) is 13.5. The SMILES string of the molecule is Cc1cccc(NC(=O)c2ccc(COc3ccc4c(c3)C(c3cccc(F)c3)N(C(=O)CC(C)C)CC4)o2)c1. The normalized spacial score (nSPS) is 14.6. The fourth-order valence-electron chi connectivity index (χ4n) is 5.10. The van der Waals surface area contributed by atoms with Gasteiger partial charge in [-0.3, -0.25) is 9.59 Å². The van der Waals surface area contributed by atoms with Crippen molar-refractivity contribution in [2.75, 3.05) is 11.9 Å². The summed E-state index contributed by atoms with van der Waals surface area (Å²) in [4.78, 5) is 27.7. The Morgan fingerprint density at radius 1 is 1.05 bits per heavy atom. The minimum absolute atomic E-state index is 0.0493. The largest absolute Gasteiger partial charge is 0.486 e. The van der Waals surface area contributed by atoms with Gasteiger partial charge in [-0.15, -0.1) is 0 Å². The van der Waals surface area contributed by atoms with Crippen LogP contribution in [0.3, 0.4) is 0 Å². The lowest BCUT2D eigenvalue weighted by Gasteiger charge is -2.38. The summed E-state index contributed by atoms with van der Waals surface area (Å²) in [5, 5.41) is 2.84. The number of anilines is 1. The summed E-state index contributed by atoms with van der Waals surface area (Å²) in [5.74, 6) is 0.879. The molecule has 0 saturated heterocycles. The van der Waals surface area contributed by atoms with Crippen molar-refractivity contribution in [2.45, 2.75) is 46.3 Å². The summed E-state index contributed by atoms with van der Waals surface area (Å²) in [5.41, 5.74) is 4.49. The van der Waals surface area contributed by atoms with Crippen molar-refractivity contribution < 1.29 is 23.1 Å². The average molecular weight is 541 g/mol. The highest BCUT2D eigenvalue weighted by Gasteiger charge is 2.32. The maximum Gasteiger partial charge on any atom is 0.291 e. The van der Waals surface area contributed by atoms with Gasteiger partial charge in [0.25, 0.3) is 5.91 Å². The van der Waals surface area contributed by atoms with Crippen molar-refractivity contribution in [1.82, 2.24) is 4.90 Å². The van der Waals surface area contributed by atoms with Crippen LogP contribution in [0, 0.1) is 18.7 Å². The van der Waals surface area contributed by atoms with Gasteiger partial charge in [-0.05, 0) is 90.0 Å². The predicted molar refractivity (Wildman–Crippen MR) is 152 cm³/mol. The summed E-state index contributed by atoms with van der Waals surface area (Å²) in [6.45, 7) is 6.69. The number of nitrogens with one attached hydrogen (secondary N) is 1. The van der Waals surface area contributed by atoms with Crippen molar-refractivity contribution in [3.05, 3.63) is 118 Å². The number of hydrogen-bond donors (Lipinski definition) is 1. The number of carbonyl (C=O) groups excluding carboxylic acids is 2. The molecular formula is C33H33FN2O4. The maximum absolute atomic E-state index is 14.3. The Morgan fingerprint density at radius 2 is 1.88 bits per heavy atom. The van der Waals surface area contributed by atoms with Crippen molar-refractivity contribution in [3.63, 3.8) is 0 Å². The van der Waals surface area contributed by atoms with Gasteiger partial charge in [-0.1, -0.05) is 44.2 Å². The summed E-state index contributed by atoms with van der Waals surface area (Å²) in [7, 11) is 0. The second-order valence-electron chi connectivity index (χ2n) is 10.6. The van der Waals surface area contributed by atoms with E-state index in [2.05, 4.69) is 5.32 Å². The highest BCUT2D eigenvalue weighted by Crippen LogP contribution is 2.38. The number of furan rings is 1. The fraction of sp³-hybridized carbons (Fsp3) is 0.273. The number of ether oxygens (including phenoxy) is 1. The molecule has 0 bridgehead atoms. The van der Waals surface area contributed by atoms with E-state index in [0.29, 0.717) is 36.6 Å². The molecule has 1 aliphatic heterocycles. The molecule has 4 aromatic rings. The molecular weight excluding hydrogens is 507 g/mol. The number of nitrogens with zero attached hydrogens (tertiary/aromatic N) is 1. The Labute approximate surface area is 233 Å². The number of hydrogen-bond acceptors (Lipinski definition) is 4. The van der Waals surface area contributed by atoms with Gasteiger partial charge in [0.1, 0.15) is 23.9 Å². The zero-order valence-corrected chi connectivity index (χ0v) is 22.9. The third-order valence-electron chi connectivity index (χ3n) is 6.96.